The van der Waals surface area contributed by atoms with E-state index in [0.717, 1.165) is 11.1 Å². The number of anilines is 1. The van der Waals surface area contributed by atoms with Crippen molar-refractivity contribution >= 4 is 38.6 Å². The van der Waals surface area contributed by atoms with Crippen molar-refractivity contribution in [1.82, 2.24) is 0 Å². The fraction of sp³-hybridized carbons (Fsp3) is 0.240. The van der Waals surface area contributed by atoms with Crippen molar-refractivity contribution in [2.45, 2.75) is 31.9 Å². The van der Waals surface area contributed by atoms with E-state index in [0.29, 0.717) is 24.1 Å². The van der Waals surface area contributed by atoms with Crippen LogP contribution in [0.25, 0.3) is 0 Å². The molecule has 1 N–H and O–H groups in total. The Morgan fingerprint density at radius 2 is 1.41 bits per heavy atom. The van der Waals surface area contributed by atoms with E-state index in [4.69, 9.17) is 0 Å². The Labute approximate surface area is 201 Å². The van der Waals surface area contributed by atoms with E-state index >= 15 is 0 Å². The monoisotopic (exact) mass is 475 g/mol. The van der Waals surface area contributed by atoms with Crippen molar-refractivity contribution in [2.24, 2.45) is 5.92 Å². The fourth-order valence-electron chi connectivity index (χ4n) is 4.05. The Hall–Kier alpha value is -2.35. The molecular formula is C25H27F2NO2S2. The summed E-state index contributed by atoms with van der Waals surface area (Å²) >= 11 is 0. The summed E-state index contributed by atoms with van der Waals surface area (Å²) in [5, 5.41) is 10.5. The molecule has 3 aromatic carbocycles. The number of halogens is 2. The number of nitrogens with zero attached hydrogens (tertiary/aromatic N) is 1. The van der Waals surface area contributed by atoms with Crippen LogP contribution in [0.1, 0.15) is 41.7 Å². The minimum atomic E-state index is -0.767. The Kier molecular flexibility index (Phi) is 8.89. The first-order valence-corrected chi connectivity index (χ1v) is 10.0. The van der Waals surface area contributed by atoms with Gasteiger partial charge in [-0.15, -0.1) is 0 Å². The highest BCUT2D eigenvalue weighted by molar-refractivity contribution is 7.59. The molecule has 0 spiro atoms. The predicted molar refractivity (Wildman–Crippen MR) is 133 cm³/mol. The van der Waals surface area contributed by atoms with Crippen LogP contribution in [-0.2, 0) is 4.79 Å². The van der Waals surface area contributed by atoms with Crippen molar-refractivity contribution in [3.05, 3.63) is 101 Å². The molecule has 1 aliphatic heterocycles. The lowest BCUT2D eigenvalue weighted by Gasteiger charge is -2.48. The molecule has 1 unspecified atom stereocenters. The van der Waals surface area contributed by atoms with Gasteiger partial charge in [0.25, 0.3) is 0 Å². The molecule has 0 bridgehead atoms. The highest BCUT2D eigenvalue weighted by Gasteiger charge is 2.48. The molecule has 0 radical (unpaired) electrons. The van der Waals surface area contributed by atoms with Crippen molar-refractivity contribution in [3.8, 4) is 0 Å². The number of aliphatic hydroxyl groups excluding tert-OH is 1. The largest absolute Gasteiger partial charge is 0.388 e. The third kappa shape index (κ3) is 5.34. The Bertz CT molecular complexity index is 1030. The fourth-order valence-corrected chi connectivity index (χ4v) is 4.05. The van der Waals surface area contributed by atoms with Crippen molar-refractivity contribution in [3.63, 3.8) is 0 Å². The molecule has 0 aliphatic carbocycles. The zero-order valence-corrected chi connectivity index (χ0v) is 19.6. The van der Waals surface area contributed by atoms with E-state index in [1.54, 1.807) is 29.2 Å². The lowest BCUT2D eigenvalue weighted by molar-refractivity contribution is -0.131. The van der Waals surface area contributed by atoms with Crippen molar-refractivity contribution < 1.29 is 18.7 Å². The molecular weight excluding hydrogens is 448 g/mol. The zero-order valence-electron chi connectivity index (χ0n) is 17.6. The first-order valence-electron chi connectivity index (χ1n) is 10.0. The number of rotatable bonds is 6. The molecule has 0 aromatic heterocycles. The van der Waals surface area contributed by atoms with Gasteiger partial charge in [0.2, 0.25) is 5.91 Å². The van der Waals surface area contributed by atoms with Gasteiger partial charge in [0.15, 0.2) is 0 Å². The molecule has 1 saturated heterocycles. The summed E-state index contributed by atoms with van der Waals surface area (Å²) in [6.07, 6.45) is 0.117. The second-order valence-electron chi connectivity index (χ2n) is 7.79. The van der Waals surface area contributed by atoms with Gasteiger partial charge < -0.3 is 10.0 Å². The molecule has 7 heteroatoms. The van der Waals surface area contributed by atoms with Gasteiger partial charge in [-0.3, -0.25) is 4.79 Å². The first-order chi connectivity index (χ1) is 14.4. The molecule has 3 atom stereocenters. The van der Waals surface area contributed by atoms with Gasteiger partial charge in [-0.2, -0.15) is 27.0 Å². The average molecular weight is 476 g/mol. The van der Waals surface area contributed by atoms with Gasteiger partial charge in [-0.05, 0) is 67.3 Å². The third-order valence-corrected chi connectivity index (χ3v) is 5.74. The van der Waals surface area contributed by atoms with Gasteiger partial charge in [-0.1, -0.05) is 42.0 Å². The zero-order chi connectivity index (χ0) is 21.3. The van der Waals surface area contributed by atoms with Crippen LogP contribution in [0.4, 0.5) is 14.5 Å². The molecule has 3 nitrogen and oxygen atoms in total. The number of amides is 1. The molecule has 4 rings (SSSR count). The maximum atomic E-state index is 13.4. The summed E-state index contributed by atoms with van der Waals surface area (Å²) in [5.74, 6) is -1.03. The predicted octanol–water partition coefficient (Wildman–Crippen LogP) is 5.72. The number of benzene rings is 3. The van der Waals surface area contributed by atoms with Crippen LogP contribution in [0.5, 0.6) is 0 Å². The van der Waals surface area contributed by atoms with Crippen LogP contribution in [0, 0.1) is 24.5 Å². The third-order valence-electron chi connectivity index (χ3n) is 5.74. The van der Waals surface area contributed by atoms with Gasteiger partial charge in [0.05, 0.1) is 18.1 Å². The van der Waals surface area contributed by atoms with Crippen molar-refractivity contribution in [1.29, 1.82) is 0 Å². The van der Waals surface area contributed by atoms with Crippen LogP contribution in [0.15, 0.2) is 72.8 Å². The van der Waals surface area contributed by atoms with Crippen LogP contribution >= 0.6 is 27.0 Å². The van der Waals surface area contributed by atoms with E-state index < -0.39 is 6.10 Å². The summed E-state index contributed by atoms with van der Waals surface area (Å²) < 4.78 is 26.5. The standard InChI is InChI=1S/C25H23F2NO2.2H2S/c1-16-2-4-18(5-3-16)24-22(14-15-23(29)17-6-8-19(26)9-7-17)25(30)28(24)21-12-10-20(27)11-13-21;;/h2-13,22-24,29H,14-15H2,1H3;2*1H2/t22?,23-,24+;;/m0../s1. The van der Waals surface area contributed by atoms with Gasteiger partial charge in [0, 0.05) is 5.69 Å². The second-order valence-corrected chi connectivity index (χ2v) is 7.79. The number of hydrogen-bond donors (Lipinski definition) is 1. The Morgan fingerprint density at radius 3 is 1.97 bits per heavy atom. The second kappa shape index (κ2) is 11.0. The number of hydrogen-bond acceptors (Lipinski definition) is 2. The normalized spacial score (nSPS) is 18.2. The summed E-state index contributed by atoms with van der Waals surface area (Å²) in [6, 6.07) is 19.5. The summed E-state index contributed by atoms with van der Waals surface area (Å²) in [4.78, 5) is 14.7. The molecule has 170 valence electrons. The van der Waals surface area contributed by atoms with Gasteiger partial charge in [-0.25, -0.2) is 8.78 Å². The summed E-state index contributed by atoms with van der Waals surface area (Å²) in [6.45, 7) is 2.00. The van der Waals surface area contributed by atoms with E-state index in [1.807, 2.05) is 31.2 Å². The van der Waals surface area contributed by atoms with Crippen LogP contribution in [0.3, 0.4) is 0 Å². The highest BCUT2D eigenvalue weighted by atomic mass is 32.1. The van der Waals surface area contributed by atoms with Crippen LogP contribution < -0.4 is 4.90 Å². The Balaban J connectivity index is 0.00000181. The van der Waals surface area contributed by atoms with Gasteiger partial charge in [0.1, 0.15) is 11.6 Å². The first kappa shape index (κ1) is 25.9. The van der Waals surface area contributed by atoms with Crippen LogP contribution in [0.2, 0.25) is 0 Å². The molecule has 1 amide bonds. The number of aliphatic hydroxyl groups is 1. The van der Waals surface area contributed by atoms with E-state index in [1.165, 1.54) is 24.3 Å². The number of β-lactam (4-membered cyclic amide) rings is 1. The lowest BCUT2D eigenvalue weighted by atomic mass is 9.78. The van der Waals surface area contributed by atoms with E-state index in [9.17, 15) is 18.7 Å². The van der Waals surface area contributed by atoms with Gasteiger partial charge >= 0.3 is 0 Å². The quantitative estimate of drug-likeness (QED) is 0.464. The number of carbonyl (C=O) groups excluding carboxylic acids is 1. The minimum Gasteiger partial charge on any atom is -0.388 e. The Morgan fingerprint density at radius 1 is 0.875 bits per heavy atom. The topological polar surface area (TPSA) is 40.5 Å². The maximum Gasteiger partial charge on any atom is 0.233 e. The average Bonchev–Trinajstić information content (AvgIpc) is 2.74. The highest BCUT2D eigenvalue weighted by Crippen LogP contribution is 2.46. The van der Waals surface area contributed by atoms with Crippen LogP contribution in [-0.4, -0.2) is 11.0 Å². The molecule has 1 aliphatic rings. The van der Waals surface area contributed by atoms with E-state index in [2.05, 4.69) is 0 Å². The maximum absolute atomic E-state index is 13.4. The number of aryl methyl sites for hydroxylation is 1. The lowest BCUT2D eigenvalue weighted by Crippen LogP contribution is -2.55. The minimum absolute atomic E-state index is 0. The molecule has 1 fully saturated rings. The molecule has 32 heavy (non-hydrogen) atoms. The molecule has 3 aromatic rings. The smallest absolute Gasteiger partial charge is 0.233 e. The summed E-state index contributed by atoms with van der Waals surface area (Å²) in [7, 11) is 0. The van der Waals surface area contributed by atoms with Crippen molar-refractivity contribution in [2.75, 3.05) is 4.90 Å². The molecule has 1 heterocycles. The summed E-state index contributed by atoms with van der Waals surface area (Å²) in [5.41, 5.74) is 3.42. The molecule has 0 saturated carbocycles. The van der Waals surface area contributed by atoms with E-state index in [-0.39, 0.29) is 56.5 Å². The SMILES string of the molecule is Cc1ccc([C@@H]2C(CC[C@H](O)c3ccc(F)cc3)C(=O)N2c2ccc(F)cc2)cc1.S.S. The number of carbonyl (C=O) groups is 1.